The standard InChI is InChI=1S/C24H19Cl2FN2O4/c25-13-2-4-19-14(6-13)18(30)8-20(32-19)22(31)28-24-9-23(10-24,11-24)21-7-17(29-33-21)12-1-3-15(26)16(27)5-12/h1-7,18,20,30H,8-11H2,(H,28,31)/t18-,20-,23?,24?/m1/s1. The van der Waals surface area contributed by atoms with Crippen molar-refractivity contribution in [3.05, 3.63) is 69.7 Å². The molecule has 1 amide bonds. The summed E-state index contributed by atoms with van der Waals surface area (Å²) in [6.45, 7) is 0. The van der Waals surface area contributed by atoms with Crippen molar-refractivity contribution >= 4 is 29.1 Å². The Morgan fingerprint density at radius 2 is 1.94 bits per heavy atom. The summed E-state index contributed by atoms with van der Waals surface area (Å²) in [5.41, 5.74) is 1.27. The van der Waals surface area contributed by atoms with Crippen molar-refractivity contribution in [2.24, 2.45) is 0 Å². The van der Waals surface area contributed by atoms with E-state index in [9.17, 15) is 14.3 Å². The molecular formula is C24H19Cl2FN2O4. The number of amides is 1. The number of carbonyl (C=O) groups excluding carboxylic acids is 1. The maximum absolute atomic E-state index is 13.8. The molecule has 0 spiro atoms. The van der Waals surface area contributed by atoms with Crippen molar-refractivity contribution in [2.45, 2.75) is 48.8 Å². The van der Waals surface area contributed by atoms with Crippen molar-refractivity contribution in [1.29, 1.82) is 0 Å². The minimum atomic E-state index is -0.812. The van der Waals surface area contributed by atoms with Crippen LogP contribution in [0.25, 0.3) is 11.3 Å². The van der Waals surface area contributed by atoms with Gasteiger partial charge in [0.2, 0.25) is 0 Å². The van der Waals surface area contributed by atoms with Crippen LogP contribution in [-0.2, 0) is 10.2 Å². The van der Waals surface area contributed by atoms with Gasteiger partial charge in [-0.25, -0.2) is 4.39 Å². The molecule has 2 heterocycles. The van der Waals surface area contributed by atoms with Gasteiger partial charge in [-0.1, -0.05) is 34.4 Å². The summed E-state index contributed by atoms with van der Waals surface area (Å²) in [6, 6.07) is 11.3. The van der Waals surface area contributed by atoms with Gasteiger partial charge in [-0.2, -0.15) is 0 Å². The molecule has 9 heteroatoms. The van der Waals surface area contributed by atoms with Gasteiger partial charge >= 0.3 is 0 Å². The molecule has 2 bridgehead atoms. The molecule has 1 aromatic heterocycles. The topological polar surface area (TPSA) is 84.6 Å². The van der Waals surface area contributed by atoms with Gasteiger partial charge in [0.15, 0.2) is 6.10 Å². The van der Waals surface area contributed by atoms with Crippen LogP contribution >= 0.6 is 23.2 Å². The van der Waals surface area contributed by atoms with Crippen LogP contribution in [0, 0.1) is 5.82 Å². The summed E-state index contributed by atoms with van der Waals surface area (Å²) in [4.78, 5) is 12.9. The molecule has 1 aliphatic heterocycles. The fourth-order valence-corrected chi connectivity index (χ4v) is 5.72. The minimum absolute atomic E-state index is 0.0568. The van der Waals surface area contributed by atoms with Crippen LogP contribution in [-0.4, -0.2) is 27.8 Å². The molecule has 2 aromatic carbocycles. The maximum Gasteiger partial charge on any atom is 0.261 e. The third-order valence-electron chi connectivity index (χ3n) is 7.00. The van der Waals surface area contributed by atoms with Crippen molar-refractivity contribution in [2.75, 3.05) is 0 Å². The zero-order chi connectivity index (χ0) is 23.0. The number of halogens is 3. The third kappa shape index (κ3) is 3.33. The molecule has 6 nitrogen and oxygen atoms in total. The van der Waals surface area contributed by atoms with E-state index in [-0.39, 0.29) is 28.3 Å². The Hall–Kier alpha value is -2.61. The molecule has 3 aliphatic carbocycles. The summed E-state index contributed by atoms with van der Waals surface area (Å²) in [5.74, 6) is 0.462. The number of benzene rings is 2. The van der Waals surface area contributed by atoms with E-state index >= 15 is 0 Å². The number of fused-ring (bicyclic) bond motifs is 1. The van der Waals surface area contributed by atoms with Crippen LogP contribution in [0.4, 0.5) is 4.39 Å². The van der Waals surface area contributed by atoms with Crippen LogP contribution in [0.15, 0.2) is 47.0 Å². The first-order valence-electron chi connectivity index (χ1n) is 10.6. The van der Waals surface area contributed by atoms with Crippen molar-refractivity contribution in [1.82, 2.24) is 10.5 Å². The molecule has 170 valence electrons. The highest BCUT2D eigenvalue weighted by Gasteiger charge is 2.71. The quantitative estimate of drug-likeness (QED) is 0.541. The van der Waals surface area contributed by atoms with Gasteiger partial charge in [-0.15, -0.1) is 0 Å². The Morgan fingerprint density at radius 3 is 2.70 bits per heavy atom. The number of rotatable bonds is 4. The number of carbonyl (C=O) groups is 1. The fraction of sp³-hybridized carbons (Fsp3) is 0.333. The molecule has 0 saturated heterocycles. The van der Waals surface area contributed by atoms with E-state index in [4.69, 9.17) is 32.5 Å². The summed E-state index contributed by atoms with van der Waals surface area (Å²) in [6.07, 6.45) is 0.789. The van der Waals surface area contributed by atoms with E-state index in [2.05, 4.69) is 10.5 Å². The lowest BCUT2D eigenvalue weighted by molar-refractivity contribution is -0.149. The van der Waals surface area contributed by atoms with Crippen LogP contribution in [0.3, 0.4) is 0 Å². The van der Waals surface area contributed by atoms with E-state index in [0.29, 0.717) is 27.6 Å². The summed E-state index contributed by atoms with van der Waals surface area (Å²) in [5, 5.41) is 18.2. The molecular weight excluding hydrogens is 470 g/mol. The fourth-order valence-electron chi connectivity index (χ4n) is 5.42. The van der Waals surface area contributed by atoms with Crippen LogP contribution in [0.1, 0.15) is 43.1 Å². The van der Waals surface area contributed by atoms with Gasteiger partial charge in [0.1, 0.15) is 23.0 Å². The zero-order valence-corrected chi connectivity index (χ0v) is 18.8. The maximum atomic E-state index is 13.8. The first-order valence-corrected chi connectivity index (χ1v) is 11.4. The molecule has 7 rings (SSSR count). The molecule has 33 heavy (non-hydrogen) atoms. The summed E-state index contributed by atoms with van der Waals surface area (Å²) < 4.78 is 25.2. The molecule has 2 N–H and O–H groups in total. The Morgan fingerprint density at radius 1 is 1.15 bits per heavy atom. The average molecular weight is 489 g/mol. The van der Waals surface area contributed by atoms with Crippen LogP contribution in [0.5, 0.6) is 5.75 Å². The smallest absolute Gasteiger partial charge is 0.261 e. The summed E-state index contributed by atoms with van der Waals surface area (Å²) in [7, 11) is 0. The van der Waals surface area contributed by atoms with E-state index in [0.717, 1.165) is 25.0 Å². The van der Waals surface area contributed by atoms with Crippen LogP contribution < -0.4 is 10.1 Å². The highest BCUT2D eigenvalue weighted by atomic mass is 35.5. The lowest BCUT2D eigenvalue weighted by Gasteiger charge is -2.69. The minimum Gasteiger partial charge on any atom is -0.480 e. The normalized spacial score (nSPS) is 29.3. The molecule has 0 radical (unpaired) electrons. The number of aliphatic hydroxyl groups excluding tert-OH is 1. The largest absolute Gasteiger partial charge is 0.480 e. The number of ether oxygens (including phenoxy) is 1. The number of nitrogens with zero attached hydrogens (tertiary/aromatic N) is 1. The second-order valence-electron chi connectivity index (χ2n) is 9.33. The van der Waals surface area contributed by atoms with Gasteiger partial charge in [0, 0.05) is 39.6 Å². The number of nitrogens with one attached hydrogen (secondary N) is 1. The second kappa shape index (κ2) is 7.19. The van der Waals surface area contributed by atoms with E-state index in [1.807, 2.05) is 6.07 Å². The third-order valence-corrected chi connectivity index (χ3v) is 7.54. The number of hydrogen-bond donors (Lipinski definition) is 2. The van der Waals surface area contributed by atoms with Crippen molar-refractivity contribution in [3.63, 3.8) is 0 Å². The second-order valence-corrected chi connectivity index (χ2v) is 10.2. The predicted octanol–water partition coefficient (Wildman–Crippen LogP) is 4.96. The van der Waals surface area contributed by atoms with Gasteiger partial charge in [0.25, 0.3) is 5.91 Å². The van der Waals surface area contributed by atoms with Gasteiger partial charge in [0.05, 0.1) is 11.1 Å². The lowest BCUT2D eigenvalue weighted by atomic mass is 9.38. The SMILES string of the molecule is O=C(NC12CC(c3cc(-c4ccc(Cl)c(F)c4)no3)(C1)C2)[C@H]1C[C@@H](O)c2cc(Cl)ccc2O1. The number of aromatic nitrogens is 1. The molecule has 3 saturated carbocycles. The monoisotopic (exact) mass is 488 g/mol. The van der Waals surface area contributed by atoms with Crippen LogP contribution in [0.2, 0.25) is 10.0 Å². The highest BCUT2D eigenvalue weighted by molar-refractivity contribution is 6.31. The zero-order valence-electron chi connectivity index (χ0n) is 17.3. The Labute approximate surface area is 198 Å². The first-order chi connectivity index (χ1) is 15.8. The molecule has 3 aromatic rings. The molecule has 2 atom stereocenters. The molecule has 3 fully saturated rings. The van der Waals surface area contributed by atoms with E-state index in [1.54, 1.807) is 24.3 Å². The highest BCUT2D eigenvalue weighted by Crippen LogP contribution is 2.68. The number of hydrogen-bond acceptors (Lipinski definition) is 5. The van der Waals surface area contributed by atoms with Crippen molar-refractivity contribution in [3.8, 4) is 17.0 Å². The first kappa shape index (κ1) is 21.0. The lowest BCUT2D eigenvalue weighted by Crippen LogP contribution is -2.77. The Kier molecular flexibility index (Phi) is 4.57. The van der Waals surface area contributed by atoms with Gasteiger partial charge in [-0.05, 0) is 49.6 Å². The Bertz CT molecular complexity index is 1270. The van der Waals surface area contributed by atoms with Gasteiger partial charge in [-0.3, -0.25) is 4.79 Å². The van der Waals surface area contributed by atoms with E-state index < -0.39 is 18.0 Å². The predicted molar refractivity (Wildman–Crippen MR) is 119 cm³/mol. The van der Waals surface area contributed by atoms with Crippen molar-refractivity contribution < 1.29 is 23.6 Å². The average Bonchev–Trinajstić information content (AvgIpc) is 3.21. The van der Waals surface area contributed by atoms with E-state index in [1.165, 1.54) is 12.1 Å². The molecule has 0 unspecified atom stereocenters. The van der Waals surface area contributed by atoms with Gasteiger partial charge < -0.3 is 19.7 Å². The molecule has 4 aliphatic rings. The Balaban J connectivity index is 1.11. The number of aliphatic hydroxyl groups is 1. The summed E-state index contributed by atoms with van der Waals surface area (Å²) >= 11 is 11.7.